The molecule has 0 aliphatic rings. The maximum absolute atomic E-state index is 11.7. The summed E-state index contributed by atoms with van der Waals surface area (Å²) in [5.41, 5.74) is -0.616. The maximum Gasteiger partial charge on any atom is 0.410 e. The van der Waals surface area contributed by atoms with E-state index in [9.17, 15) is 19.8 Å². The number of nitrogens with zero attached hydrogens (tertiary/aromatic N) is 2. The van der Waals surface area contributed by atoms with E-state index in [0.717, 1.165) is 0 Å². The summed E-state index contributed by atoms with van der Waals surface area (Å²) >= 11 is 0. The molecule has 1 aromatic heterocycles. The van der Waals surface area contributed by atoms with Crippen LogP contribution in [0.4, 0.5) is 4.79 Å². The fraction of sp³-hybridized carbons (Fsp3) is 0.538. The number of ether oxygens (including phenoxy) is 1. The zero-order valence-corrected chi connectivity index (χ0v) is 12.5. The van der Waals surface area contributed by atoms with Crippen LogP contribution in [0, 0.1) is 0 Å². The van der Waals surface area contributed by atoms with Crippen molar-refractivity contribution in [2.45, 2.75) is 32.8 Å². The number of carbonyl (C=O) groups is 2. The monoisotopic (exact) mass is 300 g/mol. The number of hydrogen-bond acceptors (Lipinski definition) is 6. The Labute approximate surface area is 122 Å². The van der Waals surface area contributed by atoms with Gasteiger partial charge in [-0.2, -0.15) is 0 Å². The van der Waals surface area contributed by atoms with Gasteiger partial charge in [-0.25, -0.2) is 9.59 Å². The Morgan fingerprint density at radius 1 is 1.24 bits per heavy atom. The van der Waals surface area contributed by atoms with Crippen molar-refractivity contribution in [1.82, 2.24) is 9.63 Å². The zero-order chi connectivity index (χ0) is 16.2. The molecule has 0 bridgehead atoms. The van der Waals surface area contributed by atoms with Crippen molar-refractivity contribution in [2.24, 2.45) is 0 Å². The number of rotatable bonds is 4. The van der Waals surface area contributed by atoms with Crippen LogP contribution >= 0.6 is 0 Å². The van der Waals surface area contributed by atoms with Gasteiger partial charge in [-0.05, 0) is 20.8 Å². The van der Waals surface area contributed by atoms with Crippen LogP contribution in [0.25, 0.3) is 0 Å². The van der Waals surface area contributed by atoms with Crippen LogP contribution in [0.15, 0.2) is 12.1 Å². The van der Waals surface area contributed by atoms with Gasteiger partial charge in [0.1, 0.15) is 5.60 Å². The van der Waals surface area contributed by atoms with Crippen LogP contribution < -0.4 is 4.84 Å². The molecule has 0 saturated heterocycles. The third-order valence-corrected chi connectivity index (χ3v) is 2.35. The van der Waals surface area contributed by atoms with Crippen molar-refractivity contribution in [3.63, 3.8) is 0 Å². The topological polar surface area (TPSA) is 101 Å². The quantitative estimate of drug-likeness (QED) is 0.864. The molecule has 0 aliphatic carbocycles. The summed E-state index contributed by atoms with van der Waals surface area (Å²) < 4.78 is 5.72. The van der Waals surface area contributed by atoms with E-state index in [1.807, 2.05) is 0 Å². The summed E-state index contributed by atoms with van der Waals surface area (Å²) in [7, 11) is 1.49. The van der Waals surface area contributed by atoms with Crippen LogP contribution in [-0.2, 0) is 9.53 Å². The lowest BCUT2D eigenvalue weighted by Crippen LogP contribution is -2.36. The van der Waals surface area contributed by atoms with Crippen molar-refractivity contribution >= 4 is 12.1 Å². The summed E-state index contributed by atoms with van der Waals surface area (Å²) in [5.74, 6) is -1.52. The molecule has 0 fully saturated rings. The van der Waals surface area contributed by atoms with E-state index in [2.05, 4.69) is 0 Å². The van der Waals surface area contributed by atoms with Gasteiger partial charge in [0.25, 0.3) is 0 Å². The number of carbonyl (C=O) groups excluding carboxylic acids is 2. The third-order valence-electron chi connectivity index (χ3n) is 2.35. The van der Waals surface area contributed by atoms with Crippen molar-refractivity contribution < 1.29 is 29.4 Å². The number of aromatic nitrogens is 1. The lowest BCUT2D eigenvalue weighted by Gasteiger charge is -2.24. The fourth-order valence-electron chi connectivity index (χ4n) is 1.33. The molecular formula is C13H20N2O6. The van der Waals surface area contributed by atoms with Gasteiger partial charge in [-0.3, -0.25) is 0 Å². The zero-order valence-electron chi connectivity index (χ0n) is 12.5. The van der Waals surface area contributed by atoms with Gasteiger partial charge < -0.3 is 24.7 Å². The van der Waals surface area contributed by atoms with E-state index in [1.165, 1.54) is 24.1 Å². The Morgan fingerprint density at radius 3 is 2.24 bits per heavy atom. The molecule has 8 heteroatoms. The van der Waals surface area contributed by atoms with Gasteiger partial charge in [0.15, 0.2) is 0 Å². The molecule has 0 saturated carbocycles. The minimum absolute atomic E-state index is 0.0799. The Kier molecular flexibility index (Phi) is 5.07. The van der Waals surface area contributed by atoms with E-state index >= 15 is 0 Å². The van der Waals surface area contributed by atoms with Gasteiger partial charge in [0.2, 0.25) is 11.8 Å². The summed E-state index contributed by atoms with van der Waals surface area (Å²) in [5, 5.41) is 18.6. The smallest absolute Gasteiger partial charge is 0.410 e. The average molecular weight is 300 g/mol. The van der Waals surface area contributed by atoms with Crippen molar-refractivity contribution in [2.75, 3.05) is 13.6 Å². The summed E-state index contributed by atoms with van der Waals surface area (Å²) in [6, 6.07) is 2.35. The summed E-state index contributed by atoms with van der Waals surface area (Å²) in [4.78, 5) is 29.2. The molecule has 1 heterocycles. The van der Waals surface area contributed by atoms with E-state index in [0.29, 0.717) is 4.73 Å². The molecule has 0 radical (unpaired) electrons. The Balaban J connectivity index is 2.45. The van der Waals surface area contributed by atoms with Crippen LogP contribution in [0.2, 0.25) is 0 Å². The highest BCUT2D eigenvalue weighted by Gasteiger charge is 2.20. The fourth-order valence-corrected chi connectivity index (χ4v) is 1.33. The van der Waals surface area contributed by atoms with E-state index in [4.69, 9.17) is 9.57 Å². The normalized spacial score (nSPS) is 11.0. The van der Waals surface area contributed by atoms with E-state index in [1.54, 1.807) is 20.8 Å². The minimum Gasteiger partial charge on any atom is -0.492 e. The first-order valence-electron chi connectivity index (χ1n) is 6.35. The molecule has 2 N–H and O–H groups in total. The SMILES string of the molecule is CN(CCC(=O)On1c(O)ccc1O)C(=O)OC(C)(C)C. The second-order valence-corrected chi connectivity index (χ2v) is 5.46. The predicted octanol–water partition coefficient (Wildman–Crippen LogP) is 1.11. The largest absolute Gasteiger partial charge is 0.492 e. The van der Waals surface area contributed by atoms with Crippen LogP contribution in [0.1, 0.15) is 27.2 Å². The molecule has 1 amide bonds. The molecular weight excluding hydrogens is 280 g/mol. The lowest BCUT2D eigenvalue weighted by molar-refractivity contribution is -0.145. The van der Waals surface area contributed by atoms with Crippen molar-refractivity contribution in [1.29, 1.82) is 0 Å². The molecule has 1 rings (SSSR count). The maximum atomic E-state index is 11.7. The number of hydrogen-bond donors (Lipinski definition) is 2. The molecule has 0 aromatic carbocycles. The Hall–Kier alpha value is -2.38. The van der Waals surface area contributed by atoms with Gasteiger partial charge in [0.05, 0.1) is 6.42 Å². The van der Waals surface area contributed by atoms with E-state index < -0.39 is 29.4 Å². The molecule has 0 spiro atoms. The van der Waals surface area contributed by atoms with Crippen LogP contribution in [0.5, 0.6) is 11.8 Å². The van der Waals surface area contributed by atoms with Gasteiger partial charge in [0, 0.05) is 25.7 Å². The molecule has 8 nitrogen and oxygen atoms in total. The Morgan fingerprint density at radius 2 is 1.76 bits per heavy atom. The van der Waals surface area contributed by atoms with Crippen molar-refractivity contribution in [3.05, 3.63) is 12.1 Å². The second kappa shape index (κ2) is 6.38. The van der Waals surface area contributed by atoms with E-state index in [-0.39, 0.29) is 13.0 Å². The van der Waals surface area contributed by atoms with Gasteiger partial charge in [-0.15, -0.1) is 4.73 Å². The first-order valence-corrected chi connectivity index (χ1v) is 6.35. The molecule has 21 heavy (non-hydrogen) atoms. The summed E-state index contributed by atoms with van der Waals surface area (Å²) in [6.07, 6.45) is -0.672. The number of aromatic hydroxyl groups is 2. The van der Waals surface area contributed by atoms with Crippen LogP contribution in [-0.4, -0.2) is 51.1 Å². The third kappa shape index (κ3) is 5.25. The first kappa shape index (κ1) is 16.7. The van der Waals surface area contributed by atoms with Gasteiger partial charge >= 0.3 is 12.1 Å². The molecule has 118 valence electrons. The summed E-state index contributed by atoms with van der Waals surface area (Å²) in [6.45, 7) is 5.30. The molecule has 0 aliphatic heterocycles. The highest BCUT2D eigenvalue weighted by molar-refractivity contribution is 5.72. The molecule has 1 aromatic rings. The molecule has 0 unspecified atom stereocenters. The average Bonchev–Trinajstić information content (AvgIpc) is 2.65. The van der Waals surface area contributed by atoms with Crippen LogP contribution in [0.3, 0.4) is 0 Å². The Bertz CT molecular complexity index is 498. The first-order chi connectivity index (χ1) is 9.60. The molecule has 0 atom stereocenters. The number of amides is 1. The standard InChI is InChI=1S/C13H20N2O6/c1-13(2,3)20-12(19)14(4)8-7-11(18)21-15-9(16)5-6-10(15)17/h5-6,16-17H,7-8H2,1-4H3. The lowest BCUT2D eigenvalue weighted by atomic mass is 10.2. The predicted molar refractivity (Wildman–Crippen MR) is 72.8 cm³/mol. The highest BCUT2D eigenvalue weighted by Crippen LogP contribution is 2.18. The minimum atomic E-state index is -0.716. The van der Waals surface area contributed by atoms with Gasteiger partial charge in [-0.1, -0.05) is 0 Å². The second-order valence-electron chi connectivity index (χ2n) is 5.46. The highest BCUT2D eigenvalue weighted by atomic mass is 16.7. The van der Waals surface area contributed by atoms with Crippen molar-refractivity contribution in [3.8, 4) is 11.8 Å².